The molecule has 2 unspecified atom stereocenters. The van der Waals surface area contributed by atoms with Gasteiger partial charge >= 0.3 is 0 Å². The summed E-state index contributed by atoms with van der Waals surface area (Å²) in [5.74, 6) is 0.640. The summed E-state index contributed by atoms with van der Waals surface area (Å²) in [6.07, 6.45) is 6.05. The predicted molar refractivity (Wildman–Crippen MR) is 91.3 cm³/mol. The Hall–Kier alpha value is -0.660. The second-order valence-corrected chi connectivity index (χ2v) is 8.97. The molecule has 2 rings (SSSR count). The zero-order chi connectivity index (χ0) is 16.9. The molecule has 2 aliphatic rings. The molecule has 1 saturated carbocycles. The van der Waals surface area contributed by atoms with E-state index >= 15 is 0 Å². The molecule has 0 aromatic carbocycles. The van der Waals surface area contributed by atoms with Gasteiger partial charge in [0.05, 0.1) is 5.75 Å². The van der Waals surface area contributed by atoms with Crippen LogP contribution in [0.5, 0.6) is 0 Å². The maximum atomic E-state index is 12.4. The number of carbonyl (C=O) groups excluding carboxylic acids is 1. The van der Waals surface area contributed by atoms with Crippen molar-refractivity contribution in [3.8, 4) is 0 Å². The SMILES string of the molecule is CCCCS(=O)(=O)N1CCC(C(=O)NC2CCCC2CN)CC1. The van der Waals surface area contributed by atoms with Gasteiger partial charge in [0.1, 0.15) is 0 Å². The summed E-state index contributed by atoms with van der Waals surface area (Å²) in [4.78, 5) is 12.4. The third-order valence-corrected chi connectivity index (χ3v) is 7.22. The zero-order valence-electron chi connectivity index (χ0n) is 14.2. The number of rotatable bonds is 7. The summed E-state index contributed by atoms with van der Waals surface area (Å²) >= 11 is 0. The Morgan fingerprint density at radius 3 is 2.52 bits per heavy atom. The van der Waals surface area contributed by atoms with Crippen LogP contribution in [0.1, 0.15) is 51.9 Å². The number of carbonyl (C=O) groups is 1. The smallest absolute Gasteiger partial charge is 0.223 e. The molecule has 1 heterocycles. The van der Waals surface area contributed by atoms with Crippen LogP contribution in [0.15, 0.2) is 0 Å². The number of nitrogens with zero attached hydrogens (tertiary/aromatic N) is 1. The lowest BCUT2D eigenvalue weighted by Gasteiger charge is -2.31. The van der Waals surface area contributed by atoms with Gasteiger partial charge in [-0.2, -0.15) is 0 Å². The molecule has 0 aromatic heterocycles. The number of amides is 1. The van der Waals surface area contributed by atoms with Crippen LogP contribution in [0.2, 0.25) is 0 Å². The molecule has 0 spiro atoms. The Bertz CT molecular complexity index is 487. The summed E-state index contributed by atoms with van der Waals surface area (Å²) in [7, 11) is -3.14. The van der Waals surface area contributed by atoms with Crippen molar-refractivity contribution in [2.24, 2.45) is 17.6 Å². The number of nitrogens with two attached hydrogens (primary N) is 1. The predicted octanol–water partition coefficient (Wildman–Crippen LogP) is 1.07. The van der Waals surface area contributed by atoms with Gasteiger partial charge in [0.15, 0.2) is 0 Å². The maximum absolute atomic E-state index is 12.4. The van der Waals surface area contributed by atoms with E-state index in [9.17, 15) is 13.2 Å². The van der Waals surface area contributed by atoms with Gasteiger partial charge < -0.3 is 11.1 Å². The van der Waals surface area contributed by atoms with Crippen LogP contribution in [0, 0.1) is 11.8 Å². The molecule has 23 heavy (non-hydrogen) atoms. The van der Waals surface area contributed by atoms with Crippen LogP contribution < -0.4 is 11.1 Å². The number of unbranched alkanes of at least 4 members (excludes halogenated alkanes) is 1. The summed E-state index contributed by atoms with van der Waals surface area (Å²) < 4.78 is 25.9. The van der Waals surface area contributed by atoms with Crippen molar-refractivity contribution >= 4 is 15.9 Å². The minimum Gasteiger partial charge on any atom is -0.353 e. The Morgan fingerprint density at radius 2 is 1.91 bits per heavy atom. The van der Waals surface area contributed by atoms with E-state index < -0.39 is 10.0 Å². The second-order valence-electron chi connectivity index (χ2n) is 6.88. The van der Waals surface area contributed by atoms with E-state index in [4.69, 9.17) is 5.73 Å². The molecule has 2 fully saturated rings. The summed E-state index contributed by atoms with van der Waals surface area (Å²) in [6.45, 7) is 3.55. The van der Waals surface area contributed by atoms with E-state index in [2.05, 4.69) is 5.32 Å². The normalized spacial score (nSPS) is 27.2. The number of hydrogen-bond acceptors (Lipinski definition) is 4. The van der Waals surface area contributed by atoms with Gasteiger partial charge in [-0.3, -0.25) is 4.79 Å². The first-order chi connectivity index (χ1) is 11.0. The first-order valence-electron chi connectivity index (χ1n) is 8.96. The molecule has 6 nitrogen and oxygen atoms in total. The van der Waals surface area contributed by atoms with Crippen molar-refractivity contribution in [2.75, 3.05) is 25.4 Å². The third-order valence-electron chi connectivity index (χ3n) is 5.26. The Labute approximate surface area is 140 Å². The first-order valence-corrected chi connectivity index (χ1v) is 10.6. The first kappa shape index (κ1) is 18.7. The number of piperidine rings is 1. The lowest BCUT2D eigenvalue weighted by Crippen LogP contribution is -2.47. The molecule has 1 amide bonds. The molecule has 0 bridgehead atoms. The molecule has 1 aliphatic carbocycles. The van der Waals surface area contributed by atoms with Crippen molar-refractivity contribution in [3.05, 3.63) is 0 Å². The van der Waals surface area contributed by atoms with Crippen LogP contribution in [-0.2, 0) is 14.8 Å². The lowest BCUT2D eigenvalue weighted by molar-refractivity contribution is -0.127. The van der Waals surface area contributed by atoms with Gasteiger partial charge in [0.2, 0.25) is 15.9 Å². The van der Waals surface area contributed by atoms with Crippen LogP contribution >= 0.6 is 0 Å². The Kier molecular flexibility index (Phi) is 6.85. The third kappa shape index (κ3) is 4.90. The average molecular weight is 346 g/mol. The van der Waals surface area contributed by atoms with Crippen LogP contribution in [0.4, 0.5) is 0 Å². The van der Waals surface area contributed by atoms with E-state index in [1.807, 2.05) is 6.92 Å². The van der Waals surface area contributed by atoms with E-state index in [1.165, 1.54) is 0 Å². The molecular formula is C16H31N3O3S. The second kappa shape index (κ2) is 8.44. The Morgan fingerprint density at radius 1 is 1.22 bits per heavy atom. The topological polar surface area (TPSA) is 92.5 Å². The highest BCUT2D eigenvalue weighted by molar-refractivity contribution is 7.89. The molecule has 1 aliphatic heterocycles. The van der Waals surface area contributed by atoms with Gasteiger partial charge in [-0.1, -0.05) is 19.8 Å². The van der Waals surface area contributed by atoms with Crippen molar-refractivity contribution in [2.45, 2.75) is 57.9 Å². The minimum atomic E-state index is -3.14. The molecule has 3 N–H and O–H groups in total. The highest BCUT2D eigenvalue weighted by atomic mass is 32.2. The molecule has 0 radical (unpaired) electrons. The fourth-order valence-electron chi connectivity index (χ4n) is 3.66. The highest BCUT2D eigenvalue weighted by Gasteiger charge is 2.33. The van der Waals surface area contributed by atoms with E-state index in [0.29, 0.717) is 44.8 Å². The van der Waals surface area contributed by atoms with Gasteiger partial charge in [0, 0.05) is 25.0 Å². The van der Waals surface area contributed by atoms with E-state index in [-0.39, 0.29) is 23.6 Å². The summed E-state index contributed by atoms with van der Waals surface area (Å²) in [5, 5.41) is 3.15. The molecular weight excluding hydrogens is 314 g/mol. The standard InChI is InChI=1S/C16H31N3O3S/c1-2-3-11-23(21,22)19-9-7-13(8-10-19)16(20)18-15-6-4-5-14(15)12-17/h13-15H,2-12,17H2,1H3,(H,18,20). The summed E-state index contributed by atoms with van der Waals surface area (Å²) in [5.41, 5.74) is 5.76. The van der Waals surface area contributed by atoms with Gasteiger partial charge in [-0.15, -0.1) is 0 Å². The summed E-state index contributed by atoms with van der Waals surface area (Å²) in [6, 6.07) is 0.207. The fraction of sp³-hybridized carbons (Fsp3) is 0.938. The number of sulfonamides is 1. The molecule has 0 aromatic rings. The highest BCUT2D eigenvalue weighted by Crippen LogP contribution is 2.26. The van der Waals surface area contributed by atoms with E-state index in [0.717, 1.165) is 25.7 Å². The van der Waals surface area contributed by atoms with Crippen LogP contribution in [-0.4, -0.2) is 50.1 Å². The molecule has 1 saturated heterocycles. The minimum absolute atomic E-state index is 0.0633. The lowest BCUT2D eigenvalue weighted by atomic mass is 9.95. The zero-order valence-corrected chi connectivity index (χ0v) is 15.0. The quantitative estimate of drug-likeness (QED) is 0.722. The molecule has 2 atom stereocenters. The van der Waals surface area contributed by atoms with Gasteiger partial charge in [-0.05, 0) is 44.6 Å². The number of hydrogen-bond donors (Lipinski definition) is 2. The maximum Gasteiger partial charge on any atom is 0.223 e. The van der Waals surface area contributed by atoms with Gasteiger partial charge in [-0.25, -0.2) is 12.7 Å². The molecule has 7 heteroatoms. The van der Waals surface area contributed by atoms with Crippen LogP contribution in [0.25, 0.3) is 0 Å². The van der Waals surface area contributed by atoms with Crippen molar-refractivity contribution in [1.82, 2.24) is 9.62 Å². The largest absolute Gasteiger partial charge is 0.353 e. The van der Waals surface area contributed by atoms with E-state index in [1.54, 1.807) is 4.31 Å². The van der Waals surface area contributed by atoms with Gasteiger partial charge in [0.25, 0.3) is 0 Å². The van der Waals surface area contributed by atoms with Crippen molar-refractivity contribution < 1.29 is 13.2 Å². The van der Waals surface area contributed by atoms with Crippen LogP contribution in [0.3, 0.4) is 0 Å². The van der Waals surface area contributed by atoms with Crippen molar-refractivity contribution in [3.63, 3.8) is 0 Å². The fourth-order valence-corrected chi connectivity index (χ4v) is 5.34. The monoisotopic (exact) mass is 345 g/mol. The average Bonchev–Trinajstić information content (AvgIpc) is 3.00. The van der Waals surface area contributed by atoms with Crippen molar-refractivity contribution in [1.29, 1.82) is 0 Å². The number of nitrogens with one attached hydrogen (secondary N) is 1. The molecule has 134 valence electrons. The Balaban J connectivity index is 1.81.